The summed E-state index contributed by atoms with van der Waals surface area (Å²) < 4.78 is 22.5. The van der Waals surface area contributed by atoms with E-state index >= 15 is 0 Å². The van der Waals surface area contributed by atoms with Crippen molar-refractivity contribution in [2.24, 2.45) is 0 Å². The smallest absolute Gasteiger partial charge is 0.360 e. The van der Waals surface area contributed by atoms with Crippen LogP contribution in [-0.4, -0.2) is 53.4 Å². The maximum absolute atomic E-state index is 12.6. The summed E-state index contributed by atoms with van der Waals surface area (Å²) in [5.74, 6) is -0.123. The van der Waals surface area contributed by atoms with Gasteiger partial charge in [0.15, 0.2) is 0 Å². The minimum Gasteiger partial charge on any atom is -0.462 e. The van der Waals surface area contributed by atoms with E-state index in [1.165, 1.54) is 13.2 Å². The largest absolute Gasteiger partial charge is 0.462 e. The van der Waals surface area contributed by atoms with Crippen molar-refractivity contribution in [1.29, 1.82) is 0 Å². The molecule has 0 aliphatic carbocycles. The molecule has 1 fully saturated rings. The SMILES string of the molecule is CO[C@@H]1[C@H](O)C(O)[C@H](Oc2ccc3cc(NC(=O)c4ccccc4)c(=O)oc3c2C)OC1(C)C. The Morgan fingerprint density at radius 3 is 2.47 bits per heavy atom. The summed E-state index contributed by atoms with van der Waals surface area (Å²) in [7, 11) is 1.43. The van der Waals surface area contributed by atoms with Crippen LogP contribution in [0.4, 0.5) is 5.69 Å². The first-order valence-corrected chi connectivity index (χ1v) is 10.8. The molecule has 1 saturated heterocycles. The third-order valence-corrected chi connectivity index (χ3v) is 5.93. The average molecular weight is 469 g/mol. The summed E-state index contributed by atoms with van der Waals surface area (Å²) >= 11 is 0. The first kappa shape index (κ1) is 23.9. The Kier molecular flexibility index (Phi) is 6.46. The Labute approximate surface area is 195 Å². The summed E-state index contributed by atoms with van der Waals surface area (Å²) in [6.45, 7) is 5.14. The fourth-order valence-electron chi connectivity index (χ4n) is 4.13. The van der Waals surface area contributed by atoms with E-state index in [-0.39, 0.29) is 11.3 Å². The van der Waals surface area contributed by atoms with E-state index in [2.05, 4.69) is 5.32 Å². The molecule has 1 aromatic heterocycles. The molecule has 3 N–H and O–H groups in total. The molecule has 0 radical (unpaired) electrons. The highest BCUT2D eigenvalue weighted by Crippen LogP contribution is 2.35. The fourth-order valence-corrected chi connectivity index (χ4v) is 4.13. The van der Waals surface area contributed by atoms with Crippen molar-refractivity contribution in [3.05, 3.63) is 70.1 Å². The molecule has 4 atom stereocenters. The van der Waals surface area contributed by atoms with Crippen molar-refractivity contribution in [2.45, 2.75) is 51.0 Å². The van der Waals surface area contributed by atoms with Crippen molar-refractivity contribution in [2.75, 3.05) is 12.4 Å². The molecule has 2 aromatic carbocycles. The lowest BCUT2D eigenvalue weighted by atomic mass is 9.89. The van der Waals surface area contributed by atoms with Gasteiger partial charge < -0.3 is 34.2 Å². The van der Waals surface area contributed by atoms with Crippen LogP contribution in [0.25, 0.3) is 11.0 Å². The number of hydrogen-bond acceptors (Lipinski definition) is 8. The molecule has 180 valence electrons. The van der Waals surface area contributed by atoms with Crippen LogP contribution in [0.3, 0.4) is 0 Å². The van der Waals surface area contributed by atoms with Gasteiger partial charge in [-0.3, -0.25) is 4.79 Å². The molecule has 1 aliphatic heterocycles. The second kappa shape index (κ2) is 9.19. The van der Waals surface area contributed by atoms with E-state index < -0.39 is 41.7 Å². The van der Waals surface area contributed by atoms with Crippen molar-refractivity contribution in [3.8, 4) is 5.75 Å². The molecule has 0 spiro atoms. The number of carbonyl (C=O) groups excluding carboxylic acids is 1. The van der Waals surface area contributed by atoms with Crippen LogP contribution in [0.15, 0.2) is 57.7 Å². The lowest BCUT2D eigenvalue weighted by Crippen LogP contribution is -2.63. The maximum atomic E-state index is 12.6. The van der Waals surface area contributed by atoms with Gasteiger partial charge >= 0.3 is 5.63 Å². The fraction of sp³-hybridized carbons (Fsp3) is 0.360. The molecule has 9 heteroatoms. The van der Waals surface area contributed by atoms with E-state index in [1.54, 1.807) is 63.2 Å². The predicted molar refractivity (Wildman–Crippen MR) is 124 cm³/mol. The zero-order valence-corrected chi connectivity index (χ0v) is 19.3. The first-order chi connectivity index (χ1) is 16.1. The third kappa shape index (κ3) is 4.43. The van der Waals surface area contributed by atoms with Gasteiger partial charge in [0.2, 0.25) is 6.29 Å². The molecule has 1 unspecified atom stereocenters. The Balaban J connectivity index is 1.60. The van der Waals surface area contributed by atoms with Gasteiger partial charge in [0.1, 0.15) is 35.3 Å². The minimum absolute atomic E-state index is 0.0101. The minimum atomic E-state index is -1.37. The van der Waals surface area contributed by atoms with Crippen LogP contribution >= 0.6 is 0 Å². The van der Waals surface area contributed by atoms with Gasteiger partial charge in [-0.05, 0) is 51.1 Å². The zero-order chi connectivity index (χ0) is 24.6. The molecule has 9 nitrogen and oxygen atoms in total. The number of benzene rings is 2. The number of aryl methyl sites for hydroxylation is 1. The number of nitrogens with one attached hydrogen (secondary N) is 1. The van der Waals surface area contributed by atoms with Gasteiger partial charge in [-0.25, -0.2) is 4.79 Å². The molecular weight excluding hydrogens is 442 g/mol. The van der Waals surface area contributed by atoms with Crippen LogP contribution in [0.5, 0.6) is 5.75 Å². The van der Waals surface area contributed by atoms with E-state index in [4.69, 9.17) is 18.6 Å². The van der Waals surface area contributed by atoms with Gasteiger partial charge in [-0.1, -0.05) is 18.2 Å². The predicted octanol–water partition coefficient (Wildman–Crippen LogP) is 2.60. The number of aliphatic hydroxyl groups is 2. The lowest BCUT2D eigenvalue weighted by Gasteiger charge is -2.46. The summed E-state index contributed by atoms with van der Waals surface area (Å²) in [6, 6.07) is 13.3. The van der Waals surface area contributed by atoms with E-state index in [9.17, 15) is 19.8 Å². The maximum Gasteiger partial charge on any atom is 0.360 e. The van der Waals surface area contributed by atoms with Gasteiger partial charge in [-0.15, -0.1) is 0 Å². The Hall–Kier alpha value is -3.24. The molecule has 34 heavy (non-hydrogen) atoms. The number of amides is 1. The summed E-state index contributed by atoms with van der Waals surface area (Å²) in [5.41, 5.74) is -0.468. The molecule has 0 saturated carbocycles. The van der Waals surface area contributed by atoms with E-state index in [1.807, 2.05) is 0 Å². The van der Waals surface area contributed by atoms with E-state index in [0.717, 1.165) is 0 Å². The number of rotatable bonds is 5. The summed E-state index contributed by atoms with van der Waals surface area (Å²) in [6.07, 6.45) is -4.52. The molecule has 0 bridgehead atoms. The number of carbonyl (C=O) groups is 1. The van der Waals surface area contributed by atoms with Crippen LogP contribution in [0, 0.1) is 6.92 Å². The van der Waals surface area contributed by atoms with Gasteiger partial charge in [-0.2, -0.15) is 0 Å². The summed E-state index contributed by atoms with van der Waals surface area (Å²) in [4.78, 5) is 25.0. The van der Waals surface area contributed by atoms with Crippen molar-refractivity contribution >= 4 is 22.6 Å². The topological polar surface area (TPSA) is 127 Å². The number of hydrogen-bond donors (Lipinski definition) is 3. The lowest BCUT2D eigenvalue weighted by molar-refractivity contribution is -0.306. The molecule has 2 heterocycles. The van der Waals surface area contributed by atoms with Gasteiger partial charge in [0.25, 0.3) is 5.91 Å². The molecule has 3 aromatic rings. The van der Waals surface area contributed by atoms with Crippen LogP contribution in [-0.2, 0) is 9.47 Å². The van der Waals surface area contributed by atoms with Gasteiger partial charge in [0, 0.05) is 23.6 Å². The Morgan fingerprint density at radius 2 is 1.79 bits per heavy atom. The monoisotopic (exact) mass is 469 g/mol. The van der Waals surface area contributed by atoms with Crippen LogP contribution < -0.4 is 15.7 Å². The number of methoxy groups -OCH3 is 1. The molecular formula is C25H27NO8. The summed E-state index contributed by atoms with van der Waals surface area (Å²) in [5, 5.41) is 24.1. The highest BCUT2D eigenvalue weighted by molar-refractivity contribution is 6.04. The highest BCUT2D eigenvalue weighted by Gasteiger charge is 2.50. The quantitative estimate of drug-likeness (QED) is 0.487. The zero-order valence-electron chi connectivity index (χ0n) is 19.3. The normalized spacial score (nSPS) is 24.1. The Bertz CT molecular complexity index is 1250. The first-order valence-electron chi connectivity index (χ1n) is 10.8. The van der Waals surface area contributed by atoms with Crippen LogP contribution in [0.2, 0.25) is 0 Å². The molecule has 4 rings (SSSR count). The second-order valence-corrected chi connectivity index (χ2v) is 8.72. The highest BCUT2D eigenvalue weighted by atomic mass is 16.7. The molecule has 1 aliphatic rings. The standard InChI is InChI=1S/C25H27NO8/c1-13-17(32-24-19(28)18(27)21(31-4)25(2,3)34-24)11-10-15-12-16(23(30)33-20(13)15)26-22(29)14-8-6-5-7-9-14/h5-12,18-19,21,24,27-28H,1-4H3,(H,26,29)/t18-,19?,21-,24-/m1/s1. The van der Waals surface area contributed by atoms with Gasteiger partial charge in [0.05, 0.1) is 5.60 Å². The van der Waals surface area contributed by atoms with Crippen LogP contribution in [0.1, 0.15) is 29.8 Å². The number of anilines is 1. The van der Waals surface area contributed by atoms with Crippen molar-refractivity contribution < 1.29 is 33.6 Å². The average Bonchev–Trinajstić information content (AvgIpc) is 2.80. The number of aliphatic hydroxyl groups excluding tert-OH is 2. The van der Waals surface area contributed by atoms with Crippen molar-refractivity contribution in [3.63, 3.8) is 0 Å². The molecule has 1 amide bonds. The van der Waals surface area contributed by atoms with Crippen molar-refractivity contribution in [1.82, 2.24) is 0 Å². The number of ether oxygens (including phenoxy) is 3. The Morgan fingerprint density at radius 1 is 1.09 bits per heavy atom. The van der Waals surface area contributed by atoms with E-state index in [0.29, 0.717) is 22.3 Å². The second-order valence-electron chi connectivity index (χ2n) is 8.72. The number of fused-ring (bicyclic) bond motifs is 1. The third-order valence-electron chi connectivity index (χ3n) is 5.93.